The number of pyridine rings is 1. The Balaban J connectivity index is 1.27. The van der Waals surface area contributed by atoms with Gasteiger partial charge in [0.15, 0.2) is 11.6 Å². The van der Waals surface area contributed by atoms with Gasteiger partial charge in [0.1, 0.15) is 0 Å². The van der Waals surface area contributed by atoms with E-state index in [4.69, 9.17) is 0 Å². The van der Waals surface area contributed by atoms with Crippen LogP contribution in [-0.2, 0) is 19.5 Å². The van der Waals surface area contributed by atoms with Gasteiger partial charge in [0.25, 0.3) is 5.91 Å². The van der Waals surface area contributed by atoms with E-state index in [0.29, 0.717) is 30.7 Å². The average Bonchev–Trinajstić information content (AvgIpc) is 3.62. The van der Waals surface area contributed by atoms with Crippen LogP contribution >= 0.6 is 0 Å². The minimum absolute atomic E-state index is 0.0981. The summed E-state index contributed by atoms with van der Waals surface area (Å²) in [5.41, 5.74) is 3.74. The van der Waals surface area contributed by atoms with E-state index < -0.39 is 0 Å². The maximum Gasteiger partial charge on any atom is 0.251 e. The zero-order valence-corrected chi connectivity index (χ0v) is 22.3. The third-order valence-electron chi connectivity index (χ3n) is 7.77. The van der Waals surface area contributed by atoms with Crippen molar-refractivity contribution in [2.24, 2.45) is 0 Å². The van der Waals surface area contributed by atoms with Crippen LogP contribution < -0.4 is 26.6 Å². The lowest BCUT2D eigenvalue weighted by Crippen LogP contribution is -2.41. The Morgan fingerprint density at radius 3 is 2.84 bits per heavy atom. The topological polar surface area (TPSA) is 121 Å². The molecule has 10 heteroatoms. The fourth-order valence-electron chi connectivity index (χ4n) is 5.58. The largest absolute Gasteiger partial charge is 0.378 e. The van der Waals surface area contributed by atoms with Crippen molar-refractivity contribution in [1.29, 1.82) is 0 Å². The minimum Gasteiger partial charge on any atom is -0.378 e. The molecule has 2 fully saturated rings. The molecule has 3 aromatic rings. The summed E-state index contributed by atoms with van der Waals surface area (Å²) in [7, 11) is 2.04. The Morgan fingerprint density at radius 1 is 1.13 bits per heavy atom. The highest BCUT2D eigenvalue weighted by atomic mass is 16.1. The summed E-state index contributed by atoms with van der Waals surface area (Å²) in [5, 5.41) is 26.2. The summed E-state index contributed by atoms with van der Waals surface area (Å²) < 4.78 is 2.36. The summed E-state index contributed by atoms with van der Waals surface area (Å²) >= 11 is 0. The van der Waals surface area contributed by atoms with Crippen LogP contribution in [0.25, 0.3) is 0 Å². The van der Waals surface area contributed by atoms with Crippen LogP contribution in [-0.4, -0.2) is 52.0 Å². The molecule has 2 aliphatic rings. The van der Waals surface area contributed by atoms with Crippen LogP contribution in [0, 0.1) is 0 Å². The Hall–Kier alpha value is -3.34. The minimum atomic E-state index is -0.0981. The molecule has 0 spiro atoms. The molecule has 2 aromatic heterocycles. The molecule has 3 atom stereocenters. The van der Waals surface area contributed by atoms with Crippen molar-refractivity contribution >= 4 is 11.6 Å². The van der Waals surface area contributed by atoms with Crippen molar-refractivity contribution in [3.05, 3.63) is 71.1 Å². The number of nitrogens with one attached hydrogen (secondary N) is 5. The van der Waals surface area contributed by atoms with Crippen molar-refractivity contribution in [3.8, 4) is 0 Å². The Morgan fingerprint density at radius 2 is 2.05 bits per heavy atom. The second kappa shape index (κ2) is 12.5. The molecule has 1 aliphatic carbocycles. The molecule has 1 amide bonds. The summed E-state index contributed by atoms with van der Waals surface area (Å²) in [6.07, 6.45) is 8.84. The second-order valence-corrected chi connectivity index (χ2v) is 10.1. The number of nitrogens with zero attached hydrogens (tertiary/aromatic N) is 4. The molecule has 202 valence electrons. The predicted molar refractivity (Wildman–Crippen MR) is 148 cm³/mol. The van der Waals surface area contributed by atoms with Gasteiger partial charge in [-0.15, -0.1) is 10.2 Å². The second-order valence-electron chi connectivity index (χ2n) is 10.1. The molecule has 1 saturated heterocycles. The quantitative estimate of drug-likeness (QED) is 0.278. The summed E-state index contributed by atoms with van der Waals surface area (Å²) in [5.74, 6) is 1.86. The van der Waals surface area contributed by atoms with Crippen molar-refractivity contribution in [3.63, 3.8) is 0 Å². The zero-order chi connectivity index (χ0) is 26.3. The molecular formula is C28H39N9O. The monoisotopic (exact) mass is 517 g/mol. The maximum atomic E-state index is 12.9. The van der Waals surface area contributed by atoms with Crippen LogP contribution in [0.4, 0.5) is 5.69 Å². The number of hydrogen-bond acceptors (Lipinski definition) is 8. The smallest absolute Gasteiger partial charge is 0.251 e. The van der Waals surface area contributed by atoms with Crippen LogP contribution in [0.15, 0.2) is 42.7 Å². The summed E-state index contributed by atoms with van der Waals surface area (Å²) in [4.78, 5) is 17.1. The molecule has 38 heavy (non-hydrogen) atoms. The number of carbonyl (C=O) groups is 1. The van der Waals surface area contributed by atoms with Crippen LogP contribution in [0.3, 0.4) is 0 Å². The van der Waals surface area contributed by atoms with E-state index >= 15 is 0 Å². The molecule has 5 N–H and O–H groups in total. The molecule has 3 heterocycles. The van der Waals surface area contributed by atoms with E-state index in [2.05, 4.69) is 53.3 Å². The Labute approximate surface area is 224 Å². The number of hydrogen-bond donors (Lipinski definition) is 5. The lowest BCUT2D eigenvalue weighted by Gasteiger charge is -2.26. The molecule has 10 nitrogen and oxygen atoms in total. The highest BCUT2D eigenvalue weighted by Gasteiger charge is 2.31. The van der Waals surface area contributed by atoms with Gasteiger partial charge in [-0.1, -0.05) is 13.0 Å². The first kappa shape index (κ1) is 26.3. The number of amides is 1. The number of carbonyl (C=O) groups excluding carboxylic acids is 1. The van der Waals surface area contributed by atoms with Crippen molar-refractivity contribution < 1.29 is 4.79 Å². The Kier molecular flexibility index (Phi) is 8.62. The van der Waals surface area contributed by atoms with E-state index in [1.165, 1.54) is 0 Å². The van der Waals surface area contributed by atoms with Gasteiger partial charge in [-0.25, -0.2) is 0 Å². The number of aromatic nitrogens is 4. The number of rotatable bonds is 10. The number of aryl methyl sites for hydroxylation is 1. The normalized spacial score (nSPS) is 21.4. The van der Waals surface area contributed by atoms with E-state index in [1.807, 2.05) is 43.6 Å². The summed E-state index contributed by atoms with van der Waals surface area (Å²) in [6, 6.07) is 10.7. The first-order chi connectivity index (χ1) is 18.7. The van der Waals surface area contributed by atoms with Crippen molar-refractivity contribution in [2.75, 3.05) is 25.6 Å². The van der Waals surface area contributed by atoms with Crippen LogP contribution in [0.2, 0.25) is 0 Å². The standard InChI is InChI=1S/C28H39N9O/c1-3-19-15-30-11-9-21(19)16-33-28(38)20-5-4-6-23(13-20)32-17-26-35-36-27(25-10-12-31-18-34-25)37(26)24-8-7-22(14-24)29-2/h4-6,9,11,13,15,22,24-25,29,31-32,34H,3,7-8,10,12,14,16-18H2,1-2H3,(H,33,38). The van der Waals surface area contributed by atoms with Gasteiger partial charge in [-0.3, -0.25) is 15.1 Å². The molecule has 5 rings (SSSR count). The van der Waals surface area contributed by atoms with Gasteiger partial charge in [0.05, 0.1) is 12.6 Å². The van der Waals surface area contributed by atoms with Gasteiger partial charge in [0.2, 0.25) is 0 Å². The van der Waals surface area contributed by atoms with E-state index in [0.717, 1.165) is 73.8 Å². The third-order valence-corrected chi connectivity index (χ3v) is 7.77. The highest BCUT2D eigenvalue weighted by molar-refractivity contribution is 5.95. The molecule has 1 saturated carbocycles. The molecule has 0 radical (unpaired) electrons. The third kappa shape index (κ3) is 6.03. The average molecular weight is 518 g/mol. The van der Waals surface area contributed by atoms with E-state index in [1.54, 1.807) is 6.20 Å². The Bertz CT molecular complexity index is 1220. The van der Waals surface area contributed by atoms with Gasteiger partial charge >= 0.3 is 0 Å². The first-order valence-electron chi connectivity index (χ1n) is 13.7. The molecule has 0 bridgehead atoms. The highest BCUT2D eigenvalue weighted by Crippen LogP contribution is 2.34. The lowest BCUT2D eigenvalue weighted by molar-refractivity contribution is 0.0951. The molecule has 3 unspecified atom stereocenters. The number of anilines is 1. The van der Waals surface area contributed by atoms with Gasteiger partial charge in [-0.05, 0) is 81.1 Å². The fourth-order valence-corrected chi connectivity index (χ4v) is 5.58. The van der Waals surface area contributed by atoms with E-state index in [-0.39, 0.29) is 11.9 Å². The lowest BCUT2D eigenvalue weighted by atomic mass is 10.1. The van der Waals surface area contributed by atoms with Crippen LogP contribution in [0.1, 0.15) is 77.8 Å². The molecule has 1 aliphatic heterocycles. The van der Waals surface area contributed by atoms with E-state index in [9.17, 15) is 4.79 Å². The maximum absolute atomic E-state index is 12.9. The van der Waals surface area contributed by atoms with Crippen molar-refractivity contribution in [1.82, 2.24) is 41.0 Å². The fraction of sp³-hybridized carbons (Fsp3) is 0.500. The van der Waals surface area contributed by atoms with Gasteiger partial charge in [0, 0.05) is 48.9 Å². The SMILES string of the molecule is CCc1cnccc1CNC(=O)c1cccc(NCc2nnc(C3CCNCN3)n2C2CCC(NC)C2)c1. The number of benzene rings is 1. The van der Waals surface area contributed by atoms with Crippen molar-refractivity contribution in [2.45, 2.75) is 70.2 Å². The van der Waals surface area contributed by atoms with Gasteiger partial charge in [-0.2, -0.15) is 0 Å². The van der Waals surface area contributed by atoms with Gasteiger partial charge < -0.3 is 25.8 Å². The molecule has 1 aromatic carbocycles. The predicted octanol–water partition coefficient (Wildman–Crippen LogP) is 2.67. The van der Waals surface area contributed by atoms with Crippen LogP contribution in [0.5, 0.6) is 0 Å². The molecular weight excluding hydrogens is 478 g/mol. The zero-order valence-electron chi connectivity index (χ0n) is 22.3. The summed E-state index contributed by atoms with van der Waals surface area (Å²) in [6.45, 7) is 4.87. The first-order valence-corrected chi connectivity index (χ1v) is 13.7.